The molecule has 2 aromatic heterocycles. The number of aromatic nitrogens is 3. The molecule has 0 spiro atoms. The van der Waals surface area contributed by atoms with E-state index >= 15 is 0 Å². The van der Waals surface area contributed by atoms with Crippen molar-refractivity contribution >= 4 is 33.1 Å². The average molecular weight is 525 g/mol. The zero-order valence-electron chi connectivity index (χ0n) is 18.9. The van der Waals surface area contributed by atoms with Crippen LogP contribution >= 0.6 is 0 Å². The van der Waals surface area contributed by atoms with Crippen molar-refractivity contribution in [2.75, 3.05) is 54.6 Å². The molecule has 1 saturated heterocycles. The van der Waals surface area contributed by atoms with Gasteiger partial charge in [-0.05, 0) is 24.3 Å². The predicted molar refractivity (Wildman–Crippen MR) is 127 cm³/mol. The molecule has 0 unspecified atom stereocenters. The lowest BCUT2D eigenvalue weighted by Gasteiger charge is -2.27. The summed E-state index contributed by atoms with van der Waals surface area (Å²) in [5.41, 5.74) is 4.52. The highest BCUT2D eigenvalue weighted by molar-refractivity contribution is 7.91. The lowest BCUT2D eigenvalue weighted by molar-refractivity contribution is -0.137. The third kappa shape index (κ3) is 5.83. The fourth-order valence-electron chi connectivity index (χ4n) is 3.60. The molecule has 4 rings (SSSR count). The monoisotopic (exact) mass is 524 g/mol. The highest BCUT2D eigenvalue weighted by Gasteiger charge is 2.35. The number of alkyl halides is 3. The molecular formula is C22H23F3N6O4S. The number of anilines is 4. The van der Waals surface area contributed by atoms with E-state index in [0.717, 1.165) is 12.3 Å². The Morgan fingerprint density at radius 1 is 1.14 bits per heavy atom. The average Bonchev–Trinajstić information content (AvgIpc) is 2.84. The molecule has 3 aromatic rings. The highest BCUT2D eigenvalue weighted by Crippen LogP contribution is 2.38. The van der Waals surface area contributed by atoms with Gasteiger partial charge in [0.05, 0.1) is 41.7 Å². The zero-order valence-corrected chi connectivity index (χ0v) is 19.7. The van der Waals surface area contributed by atoms with Crippen molar-refractivity contribution in [2.24, 2.45) is 0 Å². The molecule has 192 valence electrons. The topological polar surface area (TPSA) is 144 Å². The largest absolute Gasteiger partial charge is 0.417 e. The second-order valence-corrected chi connectivity index (χ2v) is 9.99. The minimum Gasteiger partial charge on any atom is -0.395 e. The van der Waals surface area contributed by atoms with Crippen molar-refractivity contribution in [1.29, 1.82) is 0 Å². The first kappa shape index (κ1) is 25.6. The van der Waals surface area contributed by atoms with Gasteiger partial charge in [0.1, 0.15) is 11.6 Å². The van der Waals surface area contributed by atoms with Gasteiger partial charge in [-0.3, -0.25) is 0 Å². The third-order valence-corrected chi connectivity index (χ3v) is 7.03. The fraction of sp³-hybridized carbons (Fsp3) is 0.318. The van der Waals surface area contributed by atoms with E-state index in [1.54, 1.807) is 11.0 Å². The van der Waals surface area contributed by atoms with E-state index in [1.807, 2.05) is 0 Å². The van der Waals surface area contributed by atoms with Gasteiger partial charge in [0, 0.05) is 36.6 Å². The first-order valence-electron chi connectivity index (χ1n) is 10.8. The van der Waals surface area contributed by atoms with E-state index in [9.17, 15) is 21.6 Å². The summed E-state index contributed by atoms with van der Waals surface area (Å²) in [4.78, 5) is 14.4. The number of aliphatic hydroxyl groups is 1. The van der Waals surface area contributed by atoms with Gasteiger partial charge >= 0.3 is 6.18 Å². The van der Waals surface area contributed by atoms with Crippen LogP contribution in [0.4, 0.5) is 36.4 Å². The van der Waals surface area contributed by atoms with E-state index in [4.69, 9.17) is 15.6 Å². The van der Waals surface area contributed by atoms with Crippen molar-refractivity contribution in [3.8, 4) is 11.3 Å². The Morgan fingerprint density at radius 3 is 2.58 bits per heavy atom. The molecule has 14 heteroatoms. The van der Waals surface area contributed by atoms with Crippen LogP contribution in [0.1, 0.15) is 5.56 Å². The summed E-state index contributed by atoms with van der Waals surface area (Å²) in [6, 6.07) is 7.89. The Morgan fingerprint density at radius 2 is 1.89 bits per heavy atom. The molecule has 1 fully saturated rings. The first-order chi connectivity index (χ1) is 17.1. The van der Waals surface area contributed by atoms with E-state index in [-0.39, 0.29) is 33.7 Å². The van der Waals surface area contributed by atoms with Gasteiger partial charge in [-0.1, -0.05) is 6.07 Å². The molecule has 10 nitrogen and oxygen atoms in total. The Hall–Kier alpha value is -3.49. The number of ether oxygens (including phenoxy) is 1. The van der Waals surface area contributed by atoms with Crippen LogP contribution in [0.5, 0.6) is 0 Å². The van der Waals surface area contributed by atoms with Gasteiger partial charge in [-0.15, -0.1) is 0 Å². The SMILES string of the molecule is Nc1cc(C(F)(F)F)c(-c2cc(Nc3cccc(S(=O)(=O)CCO)c3)nc(N3CCOCC3)n2)cn1. The molecule has 0 aliphatic carbocycles. The van der Waals surface area contributed by atoms with Gasteiger partial charge in [0.2, 0.25) is 5.95 Å². The zero-order chi connectivity index (χ0) is 25.9. The summed E-state index contributed by atoms with van der Waals surface area (Å²) in [5, 5.41) is 12.0. The van der Waals surface area contributed by atoms with E-state index < -0.39 is 33.9 Å². The quantitative estimate of drug-likeness (QED) is 0.422. The Bertz CT molecular complexity index is 1350. The number of sulfone groups is 1. The molecule has 1 aliphatic rings. The lowest BCUT2D eigenvalue weighted by atomic mass is 10.1. The minimum atomic E-state index is -4.71. The van der Waals surface area contributed by atoms with Crippen LogP contribution in [-0.2, 0) is 20.8 Å². The Labute approximate surface area is 204 Å². The van der Waals surface area contributed by atoms with Gasteiger partial charge in [-0.2, -0.15) is 18.2 Å². The maximum absolute atomic E-state index is 13.8. The molecule has 0 bridgehead atoms. The molecule has 4 N–H and O–H groups in total. The van der Waals surface area contributed by atoms with Crippen LogP contribution in [0.3, 0.4) is 0 Å². The number of nitrogens with zero attached hydrogens (tertiary/aromatic N) is 4. The second kappa shape index (κ2) is 10.2. The maximum Gasteiger partial charge on any atom is 0.417 e. The molecule has 1 aliphatic heterocycles. The van der Waals surface area contributed by atoms with E-state index in [1.165, 1.54) is 24.3 Å². The first-order valence-corrected chi connectivity index (χ1v) is 12.5. The van der Waals surface area contributed by atoms with Crippen LogP contribution in [0.25, 0.3) is 11.3 Å². The van der Waals surface area contributed by atoms with Crippen LogP contribution in [0.15, 0.2) is 47.5 Å². The number of halogens is 3. The number of rotatable bonds is 7. The smallest absolute Gasteiger partial charge is 0.395 e. The standard InChI is InChI=1S/C22H23F3N6O4S/c23-22(24,25)17-11-19(26)27-13-16(17)18-12-20(30-21(29-18)31-4-7-35-8-5-31)28-14-2-1-3-15(10-14)36(33,34)9-6-32/h1-3,10-13,32H,4-9H2,(H2,26,27)(H,28,29,30). The van der Waals surface area contributed by atoms with Crippen molar-refractivity contribution in [3.63, 3.8) is 0 Å². The van der Waals surface area contributed by atoms with Crippen molar-refractivity contribution in [2.45, 2.75) is 11.1 Å². The lowest BCUT2D eigenvalue weighted by Crippen LogP contribution is -2.37. The molecule has 1 aromatic carbocycles. The summed E-state index contributed by atoms with van der Waals surface area (Å²) in [6.45, 7) is 1.14. The van der Waals surface area contributed by atoms with Crippen LogP contribution < -0.4 is 16.0 Å². The number of morpholine rings is 1. The molecule has 0 atom stereocenters. The molecule has 0 saturated carbocycles. The highest BCUT2D eigenvalue weighted by atomic mass is 32.2. The summed E-state index contributed by atoms with van der Waals surface area (Å²) < 4.78 is 71.4. The van der Waals surface area contributed by atoms with Gasteiger partial charge in [0.15, 0.2) is 9.84 Å². The number of benzene rings is 1. The normalized spacial score (nSPS) is 14.6. The number of nitrogens with one attached hydrogen (secondary N) is 1. The third-order valence-electron chi connectivity index (χ3n) is 5.34. The summed E-state index contributed by atoms with van der Waals surface area (Å²) in [7, 11) is -3.72. The summed E-state index contributed by atoms with van der Waals surface area (Å²) in [6.07, 6.45) is -3.70. The van der Waals surface area contributed by atoms with Gasteiger partial charge < -0.3 is 25.8 Å². The number of hydrogen-bond donors (Lipinski definition) is 3. The van der Waals surface area contributed by atoms with Crippen molar-refractivity contribution in [3.05, 3.63) is 48.2 Å². The predicted octanol–water partition coefficient (Wildman–Crippen LogP) is 2.49. The molecular weight excluding hydrogens is 501 g/mol. The fourth-order valence-corrected chi connectivity index (χ4v) is 4.67. The Kier molecular flexibility index (Phi) is 7.28. The van der Waals surface area contributed by atoms with E-state index in [2.05, 4.69) is 20.3 Å². The van der Waals surface area contributed by atoms with Gasteiger partial charge in [0.25, 0.3) is 0 Å². The summed E-state index contributed by atoms with van der Waals surface area (Å²) in [5.74, 6) is -0.414. The number of hydrogen-bond acceptors (Lipinski definition) is 10. The molecule has 3 heterocycles. The van der Waals surface area contributed by atoms with E-state index in [0.29, 0.717) is 32.0 Å². The van der Waals surface area contributed by atoms with Crippen LogP contribution in [0, 0.1) is 0 Å². The molecule has 0 radical (unpaired) electrons. The molecule has 0 amide bonds. The minimum absolute atomic E-state index is 0.0219. The number of aliphatic hydroxyl groups excluding tert-OH is 1. The van der Waals surface area contributed by atoms with Crippen LogP contribution in [0.2, 0.25) is 0 Å². The number of nitrogens with two attached hydrogens (primary N) is 1. The second-order valence-electron chi connectivity index (χ2n) is 7.89. The van der Waals surface area contributed by atoms with Gasteiger partial charge in [-0.25, -0.2) is 18.4 Å². The molecule has 36 heavy (non-hydrogen) atoms. The van der Waals surface area contributed by atoms with Crippen LogP contribution in [-0.4, -0.2) is 67.1 Å². The summed E-state index contributed by atoms with van der Waals surface area (Å²) >= 11 is 0. The van der Waals surface area contributed by atoms with Crippen molar-refractivity contribution < 1.29 is 31.4 Å². The maximum atomic E-state index is 13.8. The number of nitrogen functional groups attached to an aromatic ring is 1. The Balaban J connectivity index is 1.79. The number of pyridine rings is 1. The van der Waals surface area contributed by atoms with Crippen molar-refractivity contribution in [1.82, 2.24) is 15.0 Å².